The first kappa shape index (κ1) is 19.1. The summed E-state index contributed by atoms with van der Waals surface area (Å²) in [6, 6.07) is 5.27. The van der Waals surface area contributed by atoms with Crippen LogP contribution in [0.5, 0.6) is 11.5 Å². The zero-order valence-electron chi connectivity index (χ0n) is 15.1. The number of esters is 1. The smallest absolute Gasteiger partial charge is 0.309 e. The van der Waals surface area contributed by atoms with Crippen LogP contribution in [-0.2, 0) is 14.3 Å². The molecule has 25 heavy (non-hydrogen) atoms. The van der Waals surface area contributed by atoms with E-state index < -0.39 is 0 Å². The third-order valence-corrected chi connectivity index (χ3v) is 4.39. The van der Waals surface area contributed by atoms with E-state index in [1.807, 2.05) is 6.92 Å². The molecule has 1 saturated heterocycles. The molecule has 1 aromatic carbocycles. The first-order valence-corrected chi connectivity index (χ1v) is 8.59. The van der Waals surface area contributed by atoms with E-state index >= 15 is 0 Å². The Hall–Kier alpha value is -2.28. The van der Waals surface area contributed by atoms with Gasteiger partial charge in [-0.05, 0) is 19.1 Å². The van der Waals surface area contributed by atoms with Crippen LogP contribution in [0.25, 0.3) is 0 Å². The van der Waals surface area contributed by atoms with Crippen LogP contribution in [0.4, 0.5) is 5.69 Å². The maximum atomic E-state index is 12.3. The minimum atomic E-state index is -0.115. The van der Waals surface area contributed by atoms with Gasteiger partial charge in [0.15, 0.2) is 18.0 Å². The molecule has 138 valence electrons. The highest BCUT2D eigenvalue weighted by Gasteiger charge is 2.29. The topological polar surface area (TPSA) is 78.3 Å². The van der Waals surface area contributed by atoms with Crippen LogP contribution >= 0.6 is 0 Å². The van der Waals surface area contributed by atoms with Crippen molar-refractivity contribution in [2.75, 3.05) is 45.8 Å². The summed E-state index contributed by atoms with van der Waals surface area (Å²) in [7, 11) is 3.13. The van der Waals surface area contributed by atoms with Gasteiger partial charge in [0, 0.05) is 24.6 Å². The number of amides is 1. The number of methoxy groups -OCH3 is 2. The molecule has 0 bridgehead atoms. The van der Waals surface area contributed by atoms with Crippen LogP contribution in [0.3, 0.4) is 0 Å². The molecule has 0 radical (unpaired) electrons. The SMILES string of the molecule is CCOC(=O)C1CC[NH+](CC(=O)Nc2ccc(OC)c(OC)c2)CC1. The van der Waals surface area contributed by atoms with Crippen LogP contribution < -0.4 is 19.7 Å². The molecule has 1 amide bonds. The number of carbonyl (C=O) groups is 2. The number of ether oxygens (including phenoxy) is 3. The minimum Gasteiger partial charge on any atom is -0.493 e. The zero-order valence-corrected chi connectivity index (χ0v) is 15.1. The van der Waals surface area contributed by atoms with Gasteiger partial charge in [-0.1, -0.05) is 0 Å². The van der Waals surface area contributed by atoms with E-state index in [4.69, 9.17) is 14.2 Å². The van der Waals surface area contributed by atoms with Crippen molar-refractivity contribution in [1.29, 1.82) is 0 Å². The Bertz CT molecular complexity index is 597. The standard InChI is InChI=1S/C18H26N2O5/c1-4-25-18(22)13-7-9-20(10-8-13)12-17(21)19-14-5-6-15(23-2)16(11-14)24-3/h5-6,11,13H,4,7-10,12H2,1-3H3,(H,19,21)/p+1. The number of nitrogens with one attached hydrogen (secondary N) is 2. The second-order valence-electron chi connectivity index (χ2n) is 6.07. The van der Waals surface area contributed by atoms with Crippen LogP contribution in [0.15, 0.2) is 18.2 Å². The van der Waals surface area contributed by atoms with E-state index in [0.717, 1.165) is 25.9 Å². The van der Waals surface area contributed by atoms with Gasteiger partial charge in [-0.3, -0.25) is 9.59 Å². The molecule has 7 nitrogen and oxygen atoms in total. The molecule has 7 heteroatoms. The number of rotatable bonds is 7. The van der Waals surface area contributed by atoms with Crippen LogP contribution in [-0.4, -0.2) is 52.3 Å². The molecule has 2 N–H and O–H groups in total. The van der Waals surface area contributed by atoms with Gasteiger partial charge in [0.25, 0.3) is 5.91 Å². The van der Waals surface area contributed by atoms with Gasteiger partial charge in [0.1, 0.15) is 0 Å². The lowest BCUT2D eigenvalue weighted by Crippen LogP contribution is -3.14. The largest absolute Gasteiger partial charge is 0.493 e. The van der Waals surface area contributed by atoms with Gasteiger partial charge in [-0.15, -0.1) is 0 Å². The Morgan fingerprint density at radius 1 is 1.16 bits per heavy atom. The second kappa shape index (κ2) is 9.27. The number of likely N-dealkylation sites (tertiary alicyclic amines) is 1. The molecule has 0 saturated carbocycles. The summed E-state index contributed by atoms with van der Waals surface area (Å²) >= 11 is 0. The first-order chi connectivity index (χ1) is 12.1. The van der Waals surface area contributed by atoms with Gasteiger partial charge in [0.2, 0.25) is 0 Å². The van der Waals surface area contributed by atoms with Crippen molar-refractivity contribution < 1.29 is 28.7 Å². The molecule has 1 aromatic rings. The van der Waals surface area contributed by atoms with E-state index in [0.29, 0.717) is 30.3 Å². The molecule has 2 rings (SSSR count). The fourth-order valence-electron chi connectivity index (χ4n) is 3.04. The maximum Gasteiger partial charge on any atom is 0.309 e. The molecular weight excluding hydrogens is 324 g/mol. The molecule has 0 unspecified atom stereocenters. The van der Waals surface area contributed by atoms with Gasteiger partial charge in [-0.2, -0.15) is 0 Å². The average Bonchev–Trinajstić information content (AvgIpc) is 2.62. The monoisotopic (exact) mass is 351 g/mol. The Labute approximate surface area is 148 Å². The Kier molecular flexibility index (Phi) is 7.06. The molecule has 0 spiro atoms. The molecule has 1 heterocycles. The molecule has 1 fully saturated rings. The summed E-state index contributed by atoms with van der Waals surface area (Å²) in [5.41, 5.74) is 0.670. The van der Waals surface area contributed by atoms with E-state index in [9.17, 15) is 9.59 Å². The number of anilines is 1. The Morgan fingerprint density at radius 2 is 1.84 bits per heavy atom. The van der Waals surface area contributed by atoms with Crippen molar-refractivity contribution in [2.24, 2.45) is 5.92 Å². The van der Waals surface area contributed by atoms with Gasteiger partial charge >= 0.3 is 5.97 Å². The summed E-state index contributed by atoms with van der Waals surface area (Å²) in [6.07, 6.45) is 1.52. The Morgan fingerprint density at radius 3 is 2.44 bits per heavy atom. The summed E-state index contributed by atoms with van der Waals surface area (Å²) in [5, 5.41) is 2.88. The normalized spacial score (nSPS) is 19.8. The minimum absolute atomic E-state index is 0.0300. The summed E-state index contributed by atoms with van der Waals surface area (Å²) < 4.78 is 15.5. The summed E-state index contributed by atoms with van der Waals surface area (Å²) in [4.78, 5) is 25.2. The second-order valence-corrected chi connectivity index (χ2v) is 6.07. The third-order valence-electron chi connectivity index (χ3n) is 4.39. The zero-order chi connectivity index (χ0) is 18.2. The van der Waals surface area contributed by atoms with E-state index in [1.165, 1.54) is 4.90 Å². The van der Waals surface area contributed by atoms with Crippen LogP contribution in [0.1, 0.15) is 19.8 Å². The van der Waals surface area contributed by atoms with E-state index in [2.05, 4.69) is 5.32 Å². The van der Waals surface area contributed by atoms with Gasteiger partial charge in [0.05, 0.1) is 39.8 Å². The van der Waals surface area contributed by atoms with Gasteiger partial charge in [-0.25, -0.2) is 0 Å². The van der Waals surface area contributed by atoms with Crippen molar-refractivity contribution in [1.82, 2.24) is 0 Å². The predicted molar refractivity (Wildman–Crippen MR) is 93.1 cm³/mol. The lowest BCUT2D eigenvalue weighted by Gasteiger charge is -2.27. The third kappa shape index (κ3) is 5.35. The Balaban J connectivity index is 1.82. The van der Waals surface area contributed by atoms with Crippen molar-refractivity contribution in [3.05, 3.63) is 18.2 Å². The molecule has 0 atom stereocenters. The highest BCUT2D eigenvalue weighted by atomic mass is 16.5. The first-order valence-electron chi connectivity index (χ1n) is 8.59. The van der Waals surface area contributed by atoms with E-state index in [1.54, 1.807) is 32.4 Å². The highest BCUT2D eigenvalue weighted by Crippen LogP contribution is 2.29. The maximum absolute atomic E-state index is 12.3. The lowest BCUT2D eigenvalue weighted by atomic mass is 9.97. The molecule has 0 aliphatic carbocycles. The van der Waals surface area contributed by atoms with Crippen molar-refractivity contribution >= 4 is 17.6 Å². The highest BCUT2D eigenvalue weighted by molar-refractivity contribution is 5.91. The number of benzene rings is 1. The molecule has 1 aliphatic heterocycles. The molecule has 0 aromatic heterocycles. The number of quaternary nitrogens is 1. The quantitative estimate of drug-likeness (QED) is 0.700. The number of hydrogen-bond donors (Lipinski definition) is 2. The molecular formula is C18H27N2O5+. The van der Waals surface area contributed by atoms with Crippen molar-refractivity contribution in [3.63, 3.8) is 0 Å². The van der Waals surface area contributed by atoms with E-state index in [-0.39, 0.29) is 17.8 Å². The summed E-state index contributed by atoms with van der Waals surface area (Å²) in [6.45, 7) is 4.20. The average molecular weight is 351 g/mol. The fourth-order valence-corrected chi connectivity index (χ4v) is 3.04. The van der Waals surface area contributed by atoms with Crippen molar-refractivity contribution in [3.8, 4) is 11.5 Å². The fraction of sp³-hybridized carbons (Fsp3) is 0.556. The number of hydrogen-bond acceptors (Lipinski definition) is 5. The van der Waals surface area contributed by atoms with Crippen LogP contribution in [0.2, 0.25) is 0 Å². The van der Waals surface area contributed by atoms with Crippen LogP contribution in [0, 0.1) is 5.92 Å². The van der Waals surface area contributed by atoms with Gasteiger partial charge < -0.3 is 24.4 Å². The lowest BCUT2D eigenvalue weighted by molar-refractivity contribution is -0.897. The molecule has 1 aliphatic rings. The van der Waals surface area contributed by atoms with Crippen molar-refractivity contribution in [2.45, 2.75) is 19.8 Å². The number of piperidine rings is 1. The predicted octanol–water partition coefficient (Wildman–Crippen LogP) is 0.500. The summed E-state index contributed by atoms with van der Waals surface area (Å²) in [5.74, 6) is 0.987. The number of carbonyl (C=O) groups excluding carboxylic acids is 2.